The average Bonchev–Trinajstić information content (AvgIpc) is 3.68. The fourth-order valence-corrected chi connectivity index (χ4v) is 5.44. The molecule has 4 heterocycles. The number of hydrogen-bond acceptors (Lipinski definition) is 10. The van der Waals surface area contributed by atoms with E-state index in [4.69, 9.17) is 8.83 Å². The lowest BCUT2D eigenvalue weighted by Crippen LogP contribution is -1.82. The highest BCUT2D eigenvalue weighted by atomic mass is 32.1. The van der Waals surface area contributed by atoms with Crippen LogP contribution in [0.15, 0.2) is 69.5 Å². The maximum absolute atomic E-state index is 13.5. The summed E-state index contributed by atoms with van der Waals surface area (Å²) in [5.41, 5.74) is 2.61. The first-order valence-electron chi connectivity index (χ1n) is 10.5. The Labute approximate surface area is 207 Å². The molecule has 0 atom stereocenters. The van der Waals surface area contributed by atoms with E-state index in [1.807, 2.05) is 12.1 Å². The van der Waals surface area contributed by atoms with E-state index in [2.05, 4.69) is 30.4 Å². The third-order valence-electron chi connectivity index (χ3n) is 5.27. The van der Waals surface area contributed by atoms with Crippen LogP contribution in [0.4, 0.5) is 8.78 Å². The smallest absolute Gasteiger partial charge is 0.277 e. The van der Waals surface area contributed by atoms with Crippen LogP contribution in [0.1, 0.15) is 0 Å². The molecule has 0 aliphatic heterocycles. The Balaban J connectivity index is 1.19. The van der Waals surface area contributed by atoms with Gasteiger partial charge in [0.2, 0.25) is 11.8 Å². The van der Waals surface area contributed by atoms with Crippen molar-refractivity contribution in [3.63, 3.8) is 0 Å². The highest BCUT2D eigenvalue weighted by Gasteiger charge is 2.18. The first-order valence-corrected chi connectivity index (χ1v) is 12.1. The summed E-state index contributed by atoms with van der Waals surface area (Å²) in [5.74, 6) is 0.382. The number of benzene rings is 3. The minimum atomic E-state index is -0.332. The maximum atomic E-state index is 13.5. The van der Waals surface area contributed by atoms with Gasteiger partial charge in [-0.15, -0.1) is 43.1 Å². The summed E-state index contributed by atoms with van der Waals surface area (Å²) in [6.45, 7) is 0. The van der Waals surface area contributed by atoms with Gasteiger partial charge in [0.05, 0.1) is 20.4 Å². The zero-order valence-corrected chi connectivity index (χ0v) is 19.5. The van der Waals surface area contributed by atoms with Crippen molar-refractivity contribution in [2.75, 3.05) is 0 Å². The van der Waals surface area contributed by atoms with E-state index in [0.717, 1.165) is 0 Å². The van der Waals surface area contributed by atoms with Gasteiger partial charge in [-0.2, -0.15) is 0 Å². The van der Waals surface area contributed by atoms with Crippen molar-refractivity contribution in [1.82, 2.24) is 30.4 Å². The Morgan fingerprint density at radius 2 is 1.03 bits per heavy atom. The summed E-state index contributed by atoms with van der Waals surface area (Å²) >= 11 is 2.54. The maximum Gasteiger partial charge on any atom is 0.277 e. The summed E-state index contributed by atoms with van der Waals surface area (Å²) in [7, 11) is 0. The monoisotopic (exact) mass is 516 g/mol. The van der Waals surface area contributed by atoms with Crippen molar-refractivity contribution in [3.8, 4) is 44.7 Å². The molecule has 0 unspecified atom stereocenters. The van der Waals surface area contributed by atoms with E-state index in [1.54, 1.807) is 24.3 Å². The molecule has 0 N–H and O–H groups in total. The van der Waals surface area contributed by atoms with Crippen LogP contribution in [0.5, 0.6) is 0 Å². The van der Waals surface area contributed by atoms with Crippen LogP contribution in [0.25, 0.3) is 65.1 Å². The molecule has 4 aromatic heterocycles. The molecule has 0 amide bonds. The third kappa shape index (κ3) is 3.63. The predicted molar refractivity (Wildman–Crippen MR) is 130 cm³/mol. The topological polar surface area (TPSA) is 104 Å². The Morgan fingerprint density at radius 3 is 1.53 bits per heavy atom. The molecule has 0 radical (unpaired) electrons. The number of rotatable bonds is 4. The molecule has 36 heavy (non-hydrogen) atoms. The van der Waals surface area contributed by atoms with Gasteiger partial charge in [0.25, 0.3) is 11.8 Å². The molecule has 0 aliphatic carbocycles. The van der Waals surface area contributed by atoms with Crippen molar-refractivity contribution in [2.45, 2.75) is 0 Å². The van der Waals surface area contributed by atoms with Crippen molar-refractivity contribution in [1.29, 1.82) is 0 Å². The standard InChI is InChI=1S/C24H10F2N6O2S2/c25-13-4-6-15-17(9-13)35-23(27-15)21-31-29-19(33-21)11-2-1-3-12(8-11)20-30-32-22(34-20)24-28-16-7-5-14(26)10-18(16)36-24/h1-10H. The van der Waals surface area contributed by atoms with E-state index >= 15 is 0 Å². The highest BCUT2D eigenvalue weighted by Crippen LogP contribution is 2.34. The van der Waals surface area contributed by atoms with E-state index in [-0.39, 0.29) is 35.2 Å². The van der Waals surface area contributed by atoms with Crippen LogP contribution in [0, 0.1) is 11.6 Å². The van der Waals surface area contributed by atoms with E-state index in [1.165, 1.54) is 46.9 Å². The Bertz CT molecular complexity index is 1770. The molecule has 0 saturated heterocycles. The number of fused-ring (bicyclic) bond motifs is 2. The molecule has 0 bridgehead atoms. The van der Waals surface area contributed by atoms with Gasteiger partial charge in [-0.1, -0.05) is 6.07 Å². The zero-order valence-electron chi connectivity index (χ0n) is 17.8. The van der Waals surface area contributed by atoms with E-state index < -0.39 is 0 Å². The predicted octanol–water partition coefficient (Wildman–Crippen LogP) is 6.62. The molecule has 0 fully saturated rings. The first kappa shape index (κ1) is 20.9. The van der Waals surface area contributed by atoms with Gasteiger partial charge in [0.15, 0.2) is 10.0 Å². The second-order valence-corrected chi connectivity index (χ2v) is 9.73. The second kappa shape index (κ2) is 8.07. The lowest BCUT2D eigenvalue weighted by atomic mass is 10.1. The minimum Gasteiger partial charge on any atom is -0.414 e. The SMILES string of the molecule is Fc1ccc2nc(-c3nnc(-c4cccc(-c5nnc(-c6nc7ccc(F)cc7s6)o5)c4)o3)sc2c1. The number of aromatic nitrogens is 6. The van der Waals surface area contributed by atoms with Gasteiger partial charge in [0.1, 0.15) is 11.6 Å². The van der Waals surface area contributed by atoms with E-state index in [0.29, 0.717) is 41.6 Å². The van der Waals surface area contributed by atoms with Crippen LogP contribution in [0.2, 0.25) is 0 Å². The first-order chi connectivity index (χ1) is 17.6. The molecule has 8 nitrogen and oxygen atoms in total. The summed E-state index contributed by atoms with van der Waals surface area (Å²) in [5, 5.41) is 17.5. The minimum absolute atomic E-state index is 0.240. The number of hydrogen-bond donors (Lipinski definition) is 0. The molecule has 7 aromatic rings. The third-order valence-corrected chi connectivity index (χ3v) is 7.29. The molecule has 7 rings (SSSR count). The fourth-order valence-electron chi connectivity index (χ4n) is 3.62. The van der Waals surface area contributed by atoms with Crippen LogP contribution < -0.4 is 0 Å². The van der Waals surface area contributed by atoms with Gasteiger partial charge in [-0.05, 0) is 54.6 Å². The van der Waals surface area contributed by atoms with Crippen LogP contribution in [0.3, 0.4) is 0 Å². The van der Waals surface area contributed by atoms with Crippen LogP contribution in [-0.4, -0.2) is 30.4 Å². The summed E-state index contributed by atoms with van der Waals surface area (Å²) in [6.07, 6.45) is 0. The summed E-state index contributed by atoms with van der Waals surface area (Å²) in [4.78, 5) is 8.89. The van der Waals surface area contributed by atoms with Gasteiger partial charge in [0, 0.05) is 11.1 Å². The quantitative estimate of drug-likeness (QED) is 0.257. The molecule has 174 valence electrons. The van der Waals surface area contributed by atoms with Crippen molar-refractivity contribution in [2.24, 2.45) is 0 Å². The molecule has 12 heteroatoms. The normalized spacial score (nSPS) is 11.6. The van der Waals surface area contributed by atoms with Gasteiger partial charge < -0.3 is 8.83 Å². The zero-order chi connectivity index (χ0) is 24.2. The highest BCUT2D eigenvalue weighted by molar-refractivity contribution is 7.21. The Hall–Kier alpha value is -4.42. The largest absolute Gasteiger partial charge is 0.414 e. The van der Waals surface area contributed by atoms with Gasteiger partial charge >= 0.3 is 0 Å². The van der Waals surface area contributed by atoms with E-state index in [9.17, 15) is 8.78 Å². The lowest BCUT2D eigenvalue weighted by Gasteiger charge is -1.98. The number of thiazole rings is 2. The summed E-state index contributed by atoms with van der Waals surface area (Å²) < 4.78 is 40.1. The van der Waals surface area contributed by atoms with Gasteiger partial charge in [-0.25, -0.2) is 18.7 Å². The molecule has 0 saturated carbocycles. The lowest BCUT2D eigenvalue weighted by molar-refractivity contribution is 0.582. The molecular formula is C24H10F2N6O2S2. The second-order valence-electron chi connectivity index (χ2n) is 7.67. The molecule has 0 spiro atoms. The average molecular weight is 517 g/mol. The Kier molecular flexibility index (Phi) is 4.69. The molecule has 3 aromatic carbocycles. The van der Waals surface area contributed by atoms with Crippen molar-refractivity contribution in [3.05, 3.63) is 72.3 Å². The number of halogens is 2. The van der Waals surface area contributed by atoms with Crippen molar-refractivity contribution < 1.29 is 17.6 Å². The van der Waals surface area contributed by atoms with Crippen molar-refractivity contribution >= 4 is 43.1 Å². The Morgan fingerprint density at radius 1 is 0.556 bits per heavy atom. The molecule has 0 aliphatic rings. The van der Waals surface area contributed by atoms with Crippen LogP contribution >= 0.6 is 22.7 Å². The fraction of sp³-hybridized carbons (Fsp3) is 0. The van der Waals surface area contributed by atoms with Gasteiger partial charge in [-0.3, -0.25) is 0 Å². The number of nitrogens with zero attached hydrogens (tertiary/aromatic N) is 6. The molecular weight excluding hydrogens is 506 g/mol. The van der Waals surface area contributed by atoms with Crippen LogP contribution in [-0.2, 0) is 0 Å². The summed E-state index contributed by atoms with van der Waals surface area (Å²) in [6, 6.07) is 16.0.